The number of nitrogens with zero attached hydrogens (tertiary/aromatic N) is 2. The van der Waals surface area contributed by atoms with Crippen molar-refractivity contribution in [1.82, 2.24) is 15.0 Å². The molecular formula is C11H9N3OS2. The van der Waals surface area contributed by atoms with Crippen LogP contribution in [0.3, 0.4) is 0 Å². The first-order chi connectivity index (χ1) is 8.15. The molecule has 0 radical (unpaired) electrons. The number of pyridine rings is 1. The Bertz CT molecular complexity index is 595. The molecule has 0 saturated carbocycles. The van der Waals surface area contributed by atoms with Crippen LogP contribution in [0, 0.1) is 11.7 Å². The number of thioether (sulfide) groups is 1. The quantitative estimate of drug-likeness (QED) is 0.513. The minimum absolute atomic E-state index is 0.0920. The van der Waals surface area contributed by atoms with Crippen molar-refractivity contribution in [1.29, 1.82) is 0 Å². The van der Waals surface area contributed by atoms with Crippen molar-refractivity contribution in [2.75, 3.05) is 0 Å². The first kappa shape index (κ1) is 11.9. The molecule has 0 aliphatic rings. The average Bonchev–Trinajstić information content (AvgIpc) is 2.28. The predicted octanol–water partition coefficient (Wildman–Crippen LogP) is 2.78. The van der Waals surface area contributed by atoms with Gasteiger partial charge in [-0.1, -0.05) is 0 Å². The summed E-state index contributed by atoms with van der Waals surface area (Å²) in [5, 5.41) is 0.505. The summed E-state index contributed by atoms with van der Waals surface area (Å²) in [5.41, 5.74) is 1.43. The Morgan fingerprint density at radius 3 is 3.00 bits per heavy atom. The van der Waals surface area contributed by atoms with Gasteiger partial charge in [-0.05, 0) is 49.1 Å². The van der Waals surface area contributed by atoms with Crippen LogP contribution in [0.15, 0.2) is 35.6 Å². The highest BCUT2D eigenvalue weighted by molar-refractivity contribution is 8.14. The van der Waals surface area contributed by atoms with Gasteiger partial charge in [-0.15, -0.1) is 0 Å². The maximum absolute atomic E-state index is 11.9. The van der Waals surface area contributed by atoms with Crippen LogP contribution in [0.4, 0.5) is 0 Å². The molecule has 4 nitrogen and oxygen atoms in total. The van der Waals surface area contributed by atoms with Crippen molar-refractivity contribution in [3.8, 4) is 0 Å². The minimum atomic E-state index is -0.0920. The van der Waals surface area contributed by atoms with Crippen LogP contribution >= 0.6 is 24.0 Å². The largest absolute Gasteiger partial charge is 0.335 e. The van der Waals surface area contributed by atoms with E-state index in [0.717, 1.165) is 17.5 Å². The monoisotopic (exact) mass is 263 g/mol. The molecule has 86 valence electrons. The fourth-order valence-corrected chi connectivity index (χ4v) is 2.36. The molecule has 2 aromatic rings. The summed E-state index contributed by atoms with van der Waals surface area (Å²) in [5.74, 6) is 0. The van der Waals surface area contributed by atoms with Crippen molar-refractivity contribution < 1.29 is 4.79 Å². The summed E-state index contributed by atoms with van der Waals surface area (Å²) in [7, 11) is 0. The molecule has 1 N–H and O–H groups in total. The van der Waals surface area contributed by atoms with Gasteiger partial charge >= 0.3 is 0 Å². The van der Waals surface area contributed by atoms with Gasteiger partial charge in [0.05, 0.1) is 0 Å². The van der Waals surface area contributed by atoms with E-state index in [0.29, 0.717) is 15.4 Å². The number of nitrogens with one attached hydrogen (secondary N) is 1. The van der Waals surface area contributed by atoms with Gasteiger partial charge in [-0.3, -0.25) is 9.78 Å². The van der Waals surface area contributed by atoms with Crippen LogP contribution in [0.1, 0.15) is 16.1 Å². The second kappa shape index (κ2) is 5.20. The molecule has 17 heavy (non-hydrogen) atoms. The normalized spacial score (nSPS) is 10.2. The zero-order valence-corrected chi connectivity index (χ0v) is 10.6. The van der Waals surface area contributed by atoms with Gasteiger partial charge in [-0.25, -0.2) is 4.98 Å². The molecule has 0 aliphatic carbocycles. The third-order valence-electron chi connectivity index (χ3n) is 1.95. The summed E-state index contributed by atoms with van der Waals surface area (Å²) in [6.45, 7) is 1.87. The lowest BCUT2D eigenvalue weighted by atomic mass is 10.3. The van der Waals surface area contributed by atoms with Crippen LogP contribution in [0.2, 0.25) is 0 Å². The van der Waals surface area contributed by atoms with E-state index >= 15 is 0 Å². The summed E-state index contributed by atoms with van der Waals surface area (Å²) in [6, 6.07) is 5.23. The summed E-state index contributed by atoms with van der Waals surface area (Å²) in [6.07, 6.45) is 3.16. The Hall–Kier alpha value is -1.53. The Morgan fingerprint density at radius 1 is 1.53 bits per heavy atom. The molecule has 0 atom stereocenters. The number of hydrogen-bond acceptors (Lipinski definition) is 5. The van der Waals surface area contributed by atoms with E-state index in [4.69, 9.17) is 12.2 Å². The summed E-state index contributed by atoms with van der Waals surface area (Å²) in [4.78, 5) is 22.7. The standard InChI is InChI=1S/C11H9N3OS2/c1-7-5-9(14-11(16)13-7)17-10(15)8-3-2-4-12-6-8/h2-6H,1H3,(H,13,14,16). The van der Waals surface area contributed by atoms with Crippen LogP contribution in [0.5, 0.6) is 0 Å². The molecule has 0 fully saturated rings. The van der Waals surface area contributed by atoms with E-state index in [1.54, 1.807) is 24.4 Å². The molecule has 0 amide bonds. The van der Waals surface area contributed by atoms with Crippen molar-refractivity contribution in [3.05, 3.63) is 46.6 Å². The summed E-state index contributed by atoms with van der Waals surface area (Å²) < 4.78 is 0.381. The van der Waals surface area contributed by atoms with E-state index in [2.05, 4.69) is 15.0 Å². The van der Waals surface area contributed by atoms with Crippen LogP contribution in [-0.4, -0.2) is 20.1 Å². The maximum atomic E-state index is 11.9. The number of carbonyl (C=O) groups is 1. The molecule has 6 heteroatoms. The SMILES string of the molecule is Cc1cc(SC(=O)c2cccnc2)nc(=S)[nH]1. The van der Waals surface area contributed by atoms with Gasteiger partial charge in [0.2, 0.25) is 5.12 Å². The van der Waals surface area contributed by atoms with Gasteiger partial charge in [0.25, 0.3) is 0 Å². The van der Waals surface area contributed by atoms with E-state index in [1.807, 2.05) is 6.92 Å². The molecule has 0 bridgehead atoms. The topological polar surface area (TPSA) is 58.6 Å². The molecule has 0 aliphatic heterocycles. The predicted molar refractivity (Wildman–Crippen MR) is 68.6 cm³/mol. The summed E-state index contributed by atoms with van der Waals surface area (Å²) >= 11 is 6.00. The second-order valence-electron chi connectivity index (χ2n) is 3.34. The van der Waals surface area contributed by atoms with Crippen molar-refractivity contribution in [3.63, 3.8) is 0 Å². The first-order valence-corrected chi connectivity index (χ1v) is 6.08. The smallest absolute Gasteiger partial charge is 0.227 e. The zero-order chi connectivity index (χ0) is 12.3. The Labute approximate surface area is 108 Å². The lowest BCUT2D eigenvalue weighted by molar-refractivity contribution is 0.108. The van der Waals surface area contributed by atoms with Gasteiger partial charge in [0, 0.05) is 23.7 Å². The van der Waals surface area contributed by atoms with Crippen LogP contribution in [0.25, 0.3) is 0 Å². The van der Waals surface area contributed by atoms with E-state index < -0.39 is 0 Å². The lowest BCUT2D eigenvalue weighted by Crippen LogP contribution is -1.96. The van der Waals surface area contributed by atoms with Crippen LogP contribution < -0.4 is 0 Å². The van der Waals surface area contributed by atoms with Crippen molar-refractivity contribution >= 4 is 29.1 Å². The third kappa shape index (κ3) is 3.21. The lowest BCUT2D eigenvalue weighted by Gasteiger charge is -2.00. The van der Waals surface area contributed by atoms with E-state index in [9.17, 15) is 4.79 Å². The average molecular weight is 263 g/mol. The number of H-pyrrole nitrogens is 1. The fraction of sp³-hybridized carbons (Fsp3) is 0.0909. The molecule has 2 rings (SSSR count). The Morgan fingerprint density at radius 2 is 2.35 bits per heavy atom. The van der Waals surface area contributed by atoms with Gasteiger partial charge in [-0.2, -0.15) is 0 Å². The van der Waals surface area contributed by atoms with Gasteiger partial charge < -0.3 is 4.98 Å². The molecule has 0 aromatic carbocycles. The van der Waals surface area contributed by atoms with Gasteiger partial charge in [0.1, 0.15) is 5.03 Å². The number of aromatic nitrogens is 3. The van der Waals surface area contributed by atoms with Crippen molar-refractivity contribution in [2.24, 2.45) is 0 Å². The highest BCUT2D eigenvalue weighted by Crippen LogP contribution is 2.20. The number of hydrogen-bond donors (Lipinski definition) is 1. The third-order valence-corrected chi connectivity index (χ3v) is 2.98. The molecule has 0 unspecified atom stereocenters. The van der Waals surface area contributed by atoms with E-state index in [-0.39, 0.29) is 5.12 Å². The number of rotatable bonds is 2. The zero-order valence-electron chi connectivity index (χ0n) is 9.01. The fourth-order valence-electron chi connectivity index (χ4n) is 1.24. The number of aromatic amines is 1. The number of aryl methyl sites for hydroxylation is 1. The highest BCUT2D eigenvalue weighted by Gasteiger charge is 2.09. The highest BCUT2D eigenvalue weighted by atomic mass is 32.2. The van der Waals surface area contributed by atoms with Crippen LogP contribution in [-0.2, 0) is 0 Å². The first-order valence-electron chi connectivity index (χ1n) is 4.85. The molecule has 2 aromatic heterocycles. The van der Waals surface area contributed by atoms with Crippen molar-refractivity contribution in [2.45, 2.75) is 11.9 Å². The second-order valence-corrected chi connectivity index (χ2v) is 4.72. The number of carbonyl (C=O) groups excluding carboxylic acids is 1. The Balaban J connectivity index is 2.22. The minimum Gasteiger partial charge on any atom is -0.335 e. The maximum Gasteiger partial charge on any atom is 0.227 e. The van der Waals surface area contributed by atoms with E-state index in [1.165, 1.54) is 6.20 Å². The molecular weight excluding hydrogens is 254 g/mol. The molecule has 0 spiro atoms. The molecule has 2 heterocycles. The Kier molecular flexibility index (Phi) is 3.65. The van der Waals surface area contributed by atoms with Gasteiger partial charge in [0.15, 0.2) is 4.77 Å². The molecule has 0 saturated heterocycles.